The van der Waals surface area contributed by atoms with E-state index in [-0.39, 0.29) is 5.75 Å². The number of aromatic hydroxyl groups is 1. The molecule has 0 bridgehead atoms. The van der Waals surface area contributed by atoms with Gasteiger partial charge in [-0.2, -0.15) is 0 Å². The molecule has 1 rings (SSSR count). The van der Waals surface area contributed by atoms with Gasteiger partial charge in [-0.3, -0.25) is 0 Å². The number of phenolic OH excluding ortho intramolecular Hbond substituents is 1. The predicted octanol–water partition coefficient (Wildman–Crippen LogP) is 1.89. The second-order valence-electron chi connectivity index (χ2n) is 2.83. The fraction of sp³-hybridized carbons (Fsp3) is 0.182. The Bertz CT molecular complexity index is 382. The van der Waals surface area contributed by atoms with Crippen LogP contribution in [0.4, 0.5) is 0 Å². The summed E-state index contributed by atoms with van der Waals surface area (Å²) in [5.74, 6) is -0.615. The van der Waals surface area contributed by atoms with Crippen molar-refractivity contribution in [3.63, 3.8) is 0 Å². The van der Waals surface area contributed by atoms with E-state index >= 15 is 0 Å². The molecule has 1 aromatic rings. The van der Waals surface area contributed by atoms with Crippen LogP contribution >= 0.6 is 0 Å². The zero-order valence-corrected chi connectivity index (χ0v) is 8.30. The van der Waals surface area contributed by atoms with E-state index in [2.05, 4.69) is 0 Å². The van der Waals surface area contributed by atoms with Crippen LogP contribution in [0.3, 0.4) is 0 Å². The molecule has 0 amide bonds. The number of hydrogen-bond acceptors (Lipinski definition) is 3. The Morgan fingerprint density at radius 3 is 2.87 bits per heavy atom. The van der Waals surface area contributed by atoms with Crippen LogP contribution in [0.5, 0.6) is 11.5 Å². The second kappa shape index (κ2) is 5.05. The second-order valence-corrected chi connectivity index (χ2v) is 2.83. The van der Waals surface area contributed by atoms with Crippen molar-refractivity contribution in [1.82, 2.24) is 0 Å². The van der Waals surface area contributed by atoms with Gasteiger partial charge in [-0.05, 0) is 30.7 Å². The molecular weight excluding hydrogens is 196 g/mol. The first kappa shape index (κ1) is 11.1. The van der Waals surface area contributed by atoms with Gasteiger partial charge < -0.3 is 14.9 Å². The standard InChI is InChI=1S/C11H12O4/c1-2-15-10-7-8(3-5-9(10)12)4-6-11(13)14/h3-7,12H,2H2,1H3,(H,13,14). The number of carboxylic acid groups (broad SMARTS) is 1. The highest BCUT2D eigenvalue weighted by molar-refractivity contribution is 5.85. The molecule has 0 unspecified atom stereocenters. The van der Waals surface area contributed by atoms with Crippen LogP contribution in [0, 0.1) is 0 Å². The fourth-order valence-corrected chi connectivity index (χ4v) is 1.07. The highest BCUT2D eigenvalue weighted by Crippen LogP contribution is 2.27. The molecular formula is C11H12O4. The highest BCUT2D eigenvalue weighted by Gasteiger charge is 2.01. The number of phenols is 1. The first-order valence-electron chi connectivity index (χ1n) is 4.50. The van der Waals surface area contributed by atoms with E-state index in [9.17, 15) is 9.90 Å². The zero-order chi connectivity index (χ0) is 11.3. The Hall–Kier alpha value is -1.97. The van der Waals surface area contributed by atoms with E-state index in [1.807, 2.05) is 0 Å². The summed E-state index contributed by atoms with van der Waals surface area (Å²) in [5.41, 5.74) is 0.665. The Morgan fingerprint density at radius 1 is 1.53 bits per heavy atom. The molecule has 0 aliphatic heterocycles. The van der Waals surface area contributed by atoms with Crippen LogP contribution in [-0.4, -0.2) is 22.8 Å². The van der Waals surface area contributed by atoms with Crippen molar-refractivity contribution in [3.8, 4) is 11.5 Å². The predicted molar refractivity (Wildman–Crippen MR) is 55.9 cm³/mol. The van der Waals surface area contributed by atoms with E-state index in [0.717, 1.165) is 6.08 Å². The van der Waals surface area contributed by atoms with Crippen molar-refractivity contribution in [2.24, 2.45) is 0 Å². The molecule has 0 saturated carbocycles. The van der Waals surface area contributed by atoms with Crippen LogP contribution in [0.2, 0.25) is 0 Å². The fourth-order valence-electron chi connectivity index (χ4n) is 1.07. The Balaban J connectivity index is 2.91. The van der Waals surface area contributed by atoms with Crippen molar-refractivity contribution in [1.29, 1.82) is 0 Å². The Labute approximate surface area is 87.4 Å². The highest BCUT2D eigenvalue weighted by atomic mass is 16.5. The largest absolute Gasteiger partial charge is 0.504 e. The van der Waals surface area contributed by atoms with E-state index in [0.29, 0.717) is 17.9 Å². The van der Waals surface area contributed by atoms with Crippen molar-refractivity contribution in [3.05, 3.63) is 29.8 Å². The quantitative estimate of drug-likeness (QED) is 0.741. The molecule has 0 heterocycles. The maximum atomic E-state index is 10.3. The lowest BCUT2D eigenvalue weighted by molar-refractivity contribution is -0.131. The summed E-state index contributed by atoms with van der Waals surface area (Å²) in [7, 11) is 0. The summed E-state index contributed by atoms with van der Waals surface area (Å²) in [6.07, 6.45) is 2.46. The maximum Gasteiger partial charge on any atom is 0.328 e. The summed E-state index contributed by atoms with van der Waals surface area (Å²) >= 11 is 0. The summed E-state index contributed by atoms with van der Waals surface area (Å²) in [6, 6.07) is 4.65. The minimum Gasteiger partial charge on any atom is -0.504 e. The number of rotatable bonds is 4. The van der Waals surface area contributed by atoms with Gasteiger partial charge in [0.15, 0.2) is 11.5 Å². The first-order chi connectivity index (χ1) is 7.13. The van der Waals surface area contributed by atoms with Gasteiger partial charge in [-0.15, -0.1) is 0 Å². The third kappa shape index (κ3) is 3.34. The van der Waals surface area contributed by atoms with Gasteiger partial charge in [-0.1, -0.05) is 6.07 Å². The Kier molecular flexibility index (Phi) is 3.74. The van der Waals surface area contributed by atoms with Crippen molar-refractivity contribution >= 4 is 12.0 Å². The normalized spacial score (nSPS) is 10.5. The molecule has 15 heavy (non-hydrogen) atoms. The molecule has 4 heteroatoms. The molecule has 0 fully saturated rings. The van der Waals surface area contributed by atoms with Gasteiger partial charge in [-0.25, -0.2) is 4.79 Å². The summed E-state index contributed by atoms with van der Waals surface area (Å²) in [5, 5.41) is 17.8. The molecule has 0 saturated heterocycles. The summed E-state index contributed by atoms with van der Waals surface area (Å²) in [4.78, 5) is 10.3. The maximum absolute atomic E-state index is 10.3. The van der Waals surface area contributed by atoms with Gasteiger partial charge in [0.2, 0.25) is 0 Å². The number of ether oxygens (including phenoxy) is 1. The minimum absolute atomic E-state index is 0.0457. The smallest absolute Gasteiger partial charge is 0.328 e. The SMILES string of the molecule is CCOc1cc(C=CC(=O)O)ccc1O. The number of hydrogen-bond donors (Lipinski definition) is 2. The van der Waals surface area contributed by atoms with Crippen LogP contribution in [0.1, 0.15) is 12.5 Å². The van der Waals surface area contributed by atoms with Crippen molar-refractivity contribution in [2.45, 2.75) is 6.92 Å². The number of carbonyl (C=O) groups is 1. The molecule has 2 N–H and O–H groups in total. The van der Waals surface area contributed by atoms with Crippen molar-refractivity contribution in [2.75, 3.05) is 6.61 Å². The third-order valence-corrected chi connectivity index (χ3v) is 1.70. The summed E-state index contributed by atoms with van der Waals surface area (Å²) < 4.78 is 5.15. The van der Waals surface area contributed by atoms with Gasteiger partial charge in [0.05, 0.1) is 6.61 Å². The topological polar surface area (TPSA) is 66.8 Å². The number of aliphatic carboxylic acids is 1. The molecule has 0 aliphatic carbocycles. The molecule has 0 aromatic heterocycles. The molecule has 0 radical (unpaired) electrons. The van der Waals surface area contributed by atoms with Gasteiger partial charge in [0.1, 0.15) is 0 Å². The average Bonchev–Trinajstić information content (AvgIpc) is 2.19. The first-order valence-corrected chi connectivity index (χ1v) is 4.50. The molecule has 1 aromatic carbocycles. The lowest BCUT2D eigenvalue weighted by atomic mass is 10.2. The average molecular weight is 208 g/mol. The molecule has 0 spiro atoms. The lowest BCUT2D eigenvalue weighted by Gasteiger charge is -2.05. The monoisotopic (exact) mass is 208 g/mol. The molecule has 0 atom stereocenters. The van der Waals surface area contributed by atoms with E-state index in [1.54, 1.807) is 19.1 Å². The zero-order valence-electron chi connectivity index (χ0n) is 8.30. The minimum atomic E-state index is -1.01. The Morgan fingerprint density at radius 2 is 2.27 bits per heavy atom. The van der Waals surface area contributed by atoms with Crippen LogP contribution < -0.4 is 4.74 Å². The van der Waals surface area contributed by atoms with Crippen molar-refractivity contribution < 1.29 is 19.7 Å². The molecule has 4 nitrogen and oxygen atoms in total. The van der Waals surface area contributed by atoms with Gasteiger partial charge in [0, 0.05) is 6.08 Å². The van der Waals surface area contributed by atoms with Crippen LogP contribution in [-0.2, 0) is 4.79 Å². The lowest BCUT2D eigenvalue weighted by Crippen LogP contribution is -1.92. The van der Waals surface area contributed by atoms with Crippen LogP contribution in [0.15, 0.2) is 24.3 Å². The number of benzene rings is 1. The summed E-state index contributed by atoms with van der Waals surface area (Å²) in [6.45, 7) is 2.25. The van der Waals surface area contributed by atoms with Crippen LogP contribution in [0.25, 0.3) is 6.08 Å². The molecule has 80 valence electrons. The van der Waals surface area contributed by atoms with E-state index in [1.165, 1.54) is 12.1 Å². The van der Waals surface area contributed by atoms with Gasteiger partial charge >= 0.3 is 5.97 Å². The third-order valence-electron chi connectivity index (χ3n) is 1.70. The van der Waals surface area contributed by atoms with Gasteiger partial charge in [0.25, 0.3) is 0 Å². The molecule has 0 aliphatic rings. The number of carboxylic acids is 1. The van der Waals surface area contributed by atoms with E-state index < -0.39 is 5.97 Å². The van der Waals surface area contributed by atoms with E-state index in [4.69, 9.17) is 9.84 Å².